The molecule has 11 nitrogen and oxygen atoms in total. The van der Waals surface area contributed by atoms with Crippen molar-refractivity contribution >= 4 is 46.8 Å². The minimum atomic E-state index is -1.02. The molecule has 0 aliphatic carbocycles. The van der Waals surface area contributed by atoms with Gasteiger partial charge >= 0.3 is 0 Å². The fraction of sp³-hybridized carbons (Fsp3) is 0.469. The highest BCUT2D eigenvalue weighted by atomic mass is 35.5. The van der Waals surface area contributed by atoms with Crippen molar-refractivity contribution in [3.8, 4) is 0 Å². The second kappa shape index (κ2) is 15.7. The maximum absolute atomic E-state index is 13.8. The molecule has 4 rings (SSSR count). The molecule has 2 atom stereocenters. The van der Waals surface area contributed by atoms with Crippen molar-refractivity contribution in [1.29, 1.82) is 0 Å². The molecular formula is C32H41ClN6O5. The Balaban J connectivity index is 1.49. The summed E-state index contributed by atoms with van der Waals surface area (Å²) >= 11 is 6.13. The molecule has 2 aliphatic rings. The van der Waals surface area contributed by atoms with E-state index in [4.69, 9.17) is 17.3 Å². The molecule has 5 N–H and O–H groups in total. The number of piperidine rings is 1. The highest BCUT2D eigenvalue weighted by Crippen LogP contribution is 2.25. The van der Waals surface area contributed by atoms with E-state index in [0.717, 1.165) is 36.0 Å². The molecule has 1 unspecified atom stereocenters. The van der Waals surface area contributed by atoms with Crippen molar-refractivity contribution in [2.24, 2.45) is 5.73 Å². The first-order chi connectivity index (χ1) is 21.2. The number of amides is 5. The van der Waals surface area contributed by atoms with Crippen LogP contribution in [0.25, 0.3) is 0 Å². The Morgan fingerprint density at radius 1 is 0.977 bits per heavy atom. The van der Waals surface area contributed by atoms with E-state index < -0.39 is 23.9 Å². The molecule has 44 heavy (non-hydrogen) atoms. The fourth-order valence-electron chi connectivity index (χ4n) is 5.59. The van der Waals surface area contributed by atoms with Gasteiger partial charge in [-0.25, -0.2) is 0 Å². The van der Waals surface area contributed by atoms with E-state index >= 15 is 0 Å². The van der Waals surface area contributed by atoms with Crippen LogP contribution < -0.4 is 21.7 Å². The number of aryl methyl sites for hydroxylation is 1. The molecule has 12 heteroatoms. The molecule has 1 saturated heterocycles. The van der Waals surface area contributed by atoms with Gasteiger partial charge in [0.25, 0.3) is 0 Å². The summed E-state index contributed by atoms with van der Waals surface area (Å²) < 4.78 is 0. The zero-order valence-electron chi connectivity index (χ0n) is 25.1. The largest absolute Gasteiger partial charge is 0.355 e. The second-order valence-electron chi connectivity index (χ2n) is 11.3. The number of carbonyl (C=O) groups is 5. The lowest BCUT2D eigenvalue weighted by Gasteiger charge is -2.37. The number of hydrogen-bond acceptors (Lipinski definition) is 6. The van der Waals surface area contributed by atoms with Gasteiger partial charge in [-0.1, -0.05) is 35.9 Å². The number of nitrogens with one attached hydrogen (secondary N) is 3. The van der Waals surface area contributed by atoms with Crippen molar-refractivity contribution in [2.45, 2.75) is 70.5 Å². The summed E-state index contributed by atoms with van der Waals surface area (Å²) in [6.45, 7) is 3.35. The number of nitrogens with zero attached hydrogens (tertiary/aromatic N) is 2. The molecular weight excluding hydrogens is 584 g/mol. The van der Waals surface area contributed by atoms with Gasteiger partial charge in [0.15, 0.2) is 0 Å². The fourth-order valence-corrected chi connectivity index (χ4v) is 5.71. The summed E-state index contributed by atoms with van der Waals surface area (Å²) in [4.78, 5) is 68.6. The van der Waals surface area contributed by atoms with Crippen molar-refractivity contribution in [3.63, 3.8) is 0 Å². The lowest BCUT2D eigenvalue weighted by atomic mass is 9.92. The standard InChI is InChI=1S/C32H41ClN6O5/c1-21-17-24(9-10-25(21)33)36-31(43)26(13-14-35-28(40)19-34)37-32(44)27-18-22-7-3-4-8-23(22)20-39(27)30(42)12-11-29(41)38-15-5-2-6-16-38/h3-4,7-10,17,26-27H,2,5-6,11-16,18-20,34H2,1H3,(H,35,40)(H,36,43)(H,37,44)/t26-,27?/m0/s1. The second-order valence-corrected chi connectivity index (χ2v) is 11.7. The third kappa shape index (κ3) is 8.79. The zero-order valence-corrected chi connectivity index (χ0v) is 25.8. The third-order valence-electron chi connectivity index (χ3n) is 8.13. The minimum Gasteiger partial charge on any atom is -0.355 e. The number of halogens is 1. The molecule has 5 amide bonds. The van der Waals surface area contributed by atoms with E-state index in [0.29, 0.717) is 23.8 Å². The van der Waals surface area contributed by atoms with Gasteiger partial charge in [-0.2, -0.15) is 0 Å². The number of carbonyl (C=O) groups excluding carboxylic acids is 5. The number of hydrogen-bond donors (Lipinski definition) is 4. The van der Waals surface area contributed by atoms with Gasteiger partial charge in [-0.05, 0) is 67.5 Å². The number of likely N-dealkylation sites (tertiary alicyclic amines) is 1. The van der Waals surface area contributed by atoms with Crippen LogP contribution in [0.1, 0.15) is 55.2 Å². The van der Waals surface area contributed by atoms with Gasteiger partial charge in [-0.3, -0.25) is 24.0 Å². The lowest BCUT2D eigenvalue weighted by Crippen LogP contribution is -2.56. The van der Waals surface area contributed by atoms with E-state index in [1.807, 2.05) is 31.2 Å². The van der Waals surface area contributed by atoms with Crippen LogP contribution in [0.4, 0.5) is 5.69 Å². The first-order valence-electron chi connectivity index (χ1n) is 15.1. The topological polar surface area (TPSA) is 154 Å². The normalized spacial score (nSPS) is 16.8. The maximum Gasteiger partial charge on any atom is 0.247 e. The van der Waals surface area contributed by atoms with Crippen LogP contribution in [-0.4, -0.2) is 77.6 Å². The smallest absolute Gasteiger partial charge is 0.247 e. The van der Waals surface area contributed by atoms with E-state index in [9.17, 15) is 24.0 Å². The summed E-state index contributed by atoms with van der Waals surface area (Å²) in [6.07, 6.45) is 3.47. The number of nitrogens with two attached hydrogens (primary N) is 1. The predicted molar refractivity (Wildman–Crippen MR) is 168 cm³/mol. The number of benzene rings is 2. The molecule has 1 fully saturated rings. The Labute approximate surface area is 262 Å². The maximum atomic E-state index is 13.8. The summed E-state index contributed by atoms with van der Waals surface area (Å²) in [7, 11) is 0. The molecule has 2 aliphatic heterocycles. The summed E-state index contributed by atoms with van der Waals surface area (Å²) in [5, 5.41) is 8.82. The van der Waals surface area contributed by atoms with Crippen molar-refractivity contribution < 1.29 is 24.0 Å². The first kappa shape index (κ1) is 32.9. The van der Waals surface area contributed by atoms with Gasteiger partial charge in [0.05, 0.1) is 6.54 Å². The molecule has 0 spiro atoms. The van der Waals surface area contributed by atoms with Gasteiger partial charge in [0, 0.05) is 56.2 Å². The Hall–Kier alpha value is -3.96. The van der Waals surface area contributed by atoms with Gasteiger partial charge in [-0.15, -0.1) is 0 Å². The van der Waals surface area contributed by atoms with Crippen LogP contribution in [0.3, 0.4) is 0 Å². The number of rotatable bonds is 11. The molecule has 2 aromatic carbocycles. The average Bonchev–Trinajstić information content (AvgIpc) is 3.04. The van der Waals surface area contributed by atoms with Crippen LogP contribution in [-0.2, 0) is 36.9 Å². The van der Waals surface area contributed by atoms with Crippen LogP contribution in [0.5, 0.6) is 0 Å². The predicted octanol–water partition coefficient (Wildman–Crippen LogP) is 2.28. The highest BCUT2D eigenvalue weighted by molar-refractivity contribution is 6.31. The molecule has 0 bridgehead atoms. The van der Waals surface area contributed by atoms with E-state index in [1.165, 1.54) is 4.90 Å². The Morgan fingerprint density at radius 2 is 1.68 bits per heavy atom. The quantitative estimate of drug-likeness (QED) is 0.301. The van der Waals surface area contributed by atoms with Gasteiger partial charge < -0.3 is 31.5 Å². The summed E-state index contributed by atoms with van der Waals surface area (Å²) in [5.74, 6) is -1.71. The summed E-state index contributed by atoms with van der Waals surface area (Å²) in [5.41, 5.74) is 8.54. The van der Waals surface area contributed by atoms with E-state index in [1.54, 1.807) is 23.1 Å². The van der Waals surface area contributed by atoms with Gasteiger partial charge in [0.2, 0.25) is 29.5 Å². The third-order valence-corrected chi connectivity index (χ3v) is 8.56. The lowest BCUT2D eigenvalue weighted by molar-refractivity contribution is -0.144. The molecule has 236 valence electrons. The summed E-state index contributed by atoms with van der Waals surface area (Å²) in [6, 6.07) is 10.8. The van der Waals surface area contributed by atoms with Crippen LogP contribution >= 0.6 is 11.6 Å². The Bertz CT molecular complexity index is 1380. The number of anilines is 1. The van der Waals surface area contributed by atoms with E-state index in [-0.39, 0.29) is 63.0 Å². The Kier molecular flexibility index (Phi) is 11.7. The monoisotopic (exact) mass is 624 g/mol. The van der Waals surface area contributed by atoms with E-state index in [2.05, 4.69) is 16.0 Å². The highest BCUT2D eigenvalue weighted by Gasteiger charge is 2.36. The average molecular weight is 625 g/mol. The first-order valence-corrected chi connectivity index (χ1v) is 15.5. The molecule has 0 saturated carbocycles. The van der Waals surface area contributed by atoms with Gasteiger partial charge in [0.1, 0.15) is 12.1 Å². The van der Waals surface area contributed by atoms with Crippen molar-refractivity contribution in [2.75, 3.05) is 31.5 Å². The van der Waals surface area contributed by atoms with Crippen molar-refractivity contribution in [3.05, 3.63) is 64.2 Å². The molecule has 2 aromatic rings. The minimum absolute atomic E-state index is 0.00771. The Morgan fingerprint density at radius 3 is 2.39 bits per heavy atom. The van der Waals surface area contributed by atoms with Crippen LogP contribution in [0.15, 0.2) is 42.5 Å². The van der Waals surface area contributed by atoms with Crippen LogP contribution in [0, 0.1) is 6.92 Å². The number of fused-ring (bicyclic) bond motifs is 1. The molecule has 0 aromatic heterocycles. The molecule has 2 heterocycles. The zero-order chi connectivity index (χ0) is 31.6. The molecule has 0 radical (unpaired) electrons. The SMILES string of the molecule is Cc1cc(NC(=O)[C@H](CCNC(=O)CN)NC(=O)C2Cc3ccccc3CN2C(=O)CCC(=O)N2CCCCC2)ccc1Cl. The van der Waals surface area contributed by atoms with Crippen molar-refractivity contribution in [1.82, 2.24) is 20.4 Å². The van der Waals surface area contributed by atoms with Crippen LogP contribution in [0.2, 0.25) is 5.02 Å².